The number of hydrogen-bond donors (Lipinski definition) is 4. The van der Waals surface area contributed by atoms with Crippen molar-refractivity contribution in [3.63, 3.8) is 0 Å². The van der Waals surface area contributed by atoms with Gasteiger partial charge in [0.25, 0.3) is 11.1 Å². The van der Waals surface area contributed by atoms with Gasteiger partial charge >= 0.3 is 0 Å². The number of allylic oxidation sites excluding steroid dienone is 2. The summed E-state index contributed by atoms with van der Waals surface area (Å²) in [4.78, 5) is 65.9. The van der Waals surface area contributed by atoms with E-state index in [1.165, 1.54) is 0 Å². The lowest BCUT2D eigenvalue weighted by Crippen LogP contribution is -2.46. The lowest BCUT2D eigenvalue weighted by atomic mass is 9.86. The predicted molar refractivity (Wildman–Crippen MR) is 234 cm³/mol. The number of aliphatic hydroxyl groups excluding tert-OH is 2. The van der Waals surface area contributed by atoms with E-state index in [1.807, 2.05) is 87.0 Å². The number of rotatable bonds is 14. The van der Waals surface area contributed by atoms with Gasteiger partial charge in [0.15, 0.2) is 0 Å². The molecule has 4 aliphatic rings. The molecule has 2 saturated heterocycles. The highest BCUT2D eigenvalue weighted by Crippen LogP contribution is 2.50. The van der Waals surface area contributed by atoms with E-state index in [2.05, 4.69) is 30.4 Å². The first kappa shape index (κ1) is 43.5. The number of amides is 2. The minimum Gasteiger partial charge on any atom is -0.396 e. The molecule has 0 aromatic carbocycles. The second kappa shape index (κ2) is 19.4. The van der Waals surface area contributed by atoms with E-state index < -0.39 is 11.8 Å². The minimum atomic E-state index is -0.410. The molecule has 0 saturated carbocycles. The molecule has 2 amide bonds. The summed E-state index contributed by atoms with van der Waals surface area (Å²) >= 11 is 3.16. The van der Waals surface area contributed by atoms with Crippen LogP contribution < -0.4 is 21.8 Å². The van der Waals surface area contributed by atoms with Gasteiger partial charge in [0, 0.05) is 109 Å². The zero-order valence-corrected chi connectivity index (χ0v) is 36.3. The van der Waals surface area contributed by atoms with E-state index in [-0.39, 0.29) is 72.1 Å². The normalized spacial score (nSPS) is 25.6. The van der Waals surface area contributed by atoms with Crippen molar-refractivity contribution in [3.05, 3.63) is 113 Å². The molecular formula is C44H56N8O6S2. The van der Waals surface area contributed by atoms with Crippen LogP contribution in [0.5, 0.6) is 0 Å². The van der Waals surface area contributed by atoms with Crippen molar-refractivity contribution in [2.24, 2.45) is 23.7 Å². The highest BCUT2D eigenvalue weighted by atomic mass is 32.1. The minimum absolute atomic E-state index is 0.0409. The molecule has 4 aromatic rings. The second-order valence-corrected chi connectivity index (χ2v) is 17.8. The van der Waals surface area contributed by atoms with E-state index in [1.54, 1.807) is 44.2 Å². The molecule has 4 bridgehead atoms. The Morgan fingerprint density at radius 1 is 0.717 bits per heavy atom. The Morgan fingerprint density at radius 3 is 1.47 bits per heavy atom. The summed E-state index contributed by atoms with van der Waals surface area (Å²) in [7, 11) is 0. The average Bonchev–Trinajstić information content (AvgIpc) is 4.05. The van der Waals surface area contributed by atoms with Crippen LogP contribution >= 0.6 is 22.7 Å². The van der Waals surface area contributed by atoms with Gasteiger partial charge in [0.1, 0.15) is 10.0 Å². The maximum atomic E-state index is 13.2. The fraction of sp³-hybridized carbons (Fsp3) is 0.500. The first-order valence-electron chi connectivity index (χ1n) is 21.0. The van der Waals surface area contributed by atoms with Crippen LogP contribution in [0, 0.1) is 23.7 Å². The van der Waals surface area contributed by atoms with Crippen molar-refractivity contribution < 1.29 is 19.8 Å². The van der Waals surface area contributed by atoms with E-state index in [0.29, 0.717) is 50.4 Å². The number of hydrogen-bond acceptors (Lipinski definition) is 12. The standard InChI is InChI=1S/2C22H28N4O3S/c2*1-3-5-14-6-7-16-20-19(21(28)24-8-4-2)15(13-27)17(11-26(16)22(14)29)25(20)12-18-23-9-10-30-18/h2*3,5-7,9-10,15,17,19-20,27H,4,8,11-13H2,1-2H3,(H,24,28)/b5-3+;5-3-/t2*15-,17-,19+,20+/m00/s1. The fourth-order valence-corrected chi connectivity index (χ4v) is 11.1. The Morgan fingerprint density at radius 2 is 1.13 bits per heavy atom. The number of nitrogens with zero attached hydrogens (tertiary/aromatic N) is 6. The zero-order valence-electron chi connectivity index (χ0n) is 34.6. The zero-order chi connectivity index (χ0) is 42.5. The van der Waals surface area contributed by atoms with Crippen LogP contribution in [0.3, 0.4) is 0 Å². The van der Waals surface area contributed by atoms with Crippen molar-refractivity contribution >= 4 is 46.6 Å². The van der Waals surface area contributed by atoms with Crippen molar-refractivity contribution in [2.75, 3.05) is 26.3 Å². The van der Waals surface area contributed by atoms with Crippen LogP contribution in [0.25, 0.3) is 12.2 Å². The Bertz CT molecular complexity index is 2130. The molecule has 0 unspecified atom stereocenters. The summed E-state index contributed by atoms with van der Waals surface area (Å²) < 4.78 is 3.61. The molecule has 60 heavy (non-hydrogen) atoms. The third kappa shape index (κ3) is 8.25. The Balaban J connectivity index is 0.000000181. The average molecular weight is 857 g/mol. The maximum Gasteiger partial charge on any atom is 0.258 e. The molecule has 0 aliphatic carbocycles. The second-order valence-electron chi connectivity index (χ2n) is 15.8. The SMILES string of the molecule is C/C=C/c1ccc2n(c1=O)C[C@H]1[C@H](CO)[C@@H](C(=O)NCCC)[C@@H]2N1Cc1nccs1.C/C=C\c1ccc2n(c1=O)C[C@H]1[C@H](CO)[C@@H](C(=O)NCCC)[C@@H]2N1Cc1nccs1. The van der Waals surface area contributed by atoms with Crippen molar-refractivity contribution in [1.82, 2.24) is 39.5 Å². The van der Waals surface area contributed by atoms with Crippen LogP contribution in [0.15, 0.2) is 69.2 Å². The van der Waals surface area contributed by atoms with Gasteiger partial charge in [-0.15, -0.1) is 22.7 Å². The number of carbonyl (C=O) groups excluding carboxylic acids is 2. The summed E-state index contributed by atoms with van der Waals surface area (Å²) in [5.41, 5.74) is 2.88. The molecule has 4 aromatic heterocycles. The lowest BCUT2D eigenvalue weighted by Gasteiger charge is -2.37. The smallest absolute Gasteiger partial charge is 0.258 e. The molecule has 8 rings (SSSR count). The van der Waals surface area contributed by atoms with Crippen molar-refractivity contribution in [3.8, 4) is 0 Å². The third-order valence-electron chi connectivity index (χ3n) is 12.4. The number of aromatic nitrogens is 4. The third-order valence-corrected chi connectivity index (χ3v) is 13.9. The van der Waals surface area contributed by atoms with E-state index in [0.717, 1.165) is 34.2 Å². The first-order valence-corrected chi connectivity index (χ1v) is 22.7. The largest absolute Gasteiger partial charge is 0.396 e. The Hall–Kier alpha value is -4.58. The summed E-state index contributed by atoms with van der Waals surface area (Å²) in [6.07, 6.45) is 12.6. The monoisotopic (exact) mass is 856 g/mol. The Labute approximate surface area is 358 Å². The van der Waals surface area contributed by atoms with Gasteiger partial charge < -0.3 is 30.0 Å². The molecule has 2 fully saturated rings. The number of thiazole rings is 2. The molecule has 16 heteroatoms. The summed E-state index contributed by atoms with van der Waals surface area (Å²) in [6.45, 7) is 11.0. The number of pyridine rings is 2. The van der Waals surface area contributed by atoms with Gasteiger partial charge in [-0.05, 0) is 51.0 Å². The van der Waals surface area contributed by atoms with Crippen LogP contribution in [-0.2, 0) is 35.8 Å². The number of aliphatic hydroxyl groups is 2. The Kier molecular flexibility index (Phi) is 14.1. The first-order chi connectivity index (χ1) is 29.2. The number of nitrogens with one attached hydrogen (secondary N) is 2. The summed E-state index contributed by atoms with van der Waals surface area (Å²) in [5, 5.41) is 32.4. The van der Waals surface area contributed by atoms with Crippen molar-refractivity contribution in [1.29, 1.82) is 0 Å². The van der Waals surface area contributed by atoms with E-state index in [4.69, 9.17) is 0 Å². The molecule has 4 aliphatic heterocycles. The van der Waals surface area contributed by atoms with Gasteiger partial charge in [-0.1, -0.05) is 38.2 Å². The van der Waals surface area contributed by atoms with Gasteiger partial charge in [-0.2, -0.15) is 0 Å². The van der Waals surface area contributed by atoms with Crippen LogP contribution in [0.1, 0.15) is 85.2 Å². The topological polar surface area (TPSA) is 175 Å². The van der Waals surface area contributed by atoms with Gasteiger partial charge in [0.05, 0.1) is 37.0 Å². The van der Waals surface area contributed by atoms with E-state index in [9.17, 15) is 29.4 Å². The predicted octanol–water partition coefficient (Wildman–Crippen LogP) is 4.06. The molecule has 320 valence electrons. The molecule has 8 heterocycles. The molecule has 4 N–H and O–H groups in total. The fourth-order valence-electron chi connectivity index (χ4n) is 9.84. The van der Waals surface area contributed by atoms with E-state index >= 15 is 0 Å². The van der Waals surface area contributed by atoms with Gasteiger partial charge in [-0.25, -0.2) is 9.97 Å². The molecule has 14 nitrogen and oxygen atoms in total. The number of carbonyl (C=O) groups is 2. The summed E-state index contributed by atoms with van der Waals surface area (Å²) in [6, 6.07) is 6.86. The van der Waals surface area contributed by atoms with Crippen LogP contribution in [0.2, 0.25) is 0 Å². The van der Waals surface area contributed by atoms with Crippen LogP contribution in [0.4, 0.5) is 0 Å². The molecule has 0 spiro atoms. The van der Waals surface area contributed by atoms with Crippen molar-refractivity contribution in [2.45, 2.75) is 90.9 Å². The maximum absolute atomic E-state index is 13.2. The summed E-state index contributed by atoms with van der Waals surface area (Å²) in [5.74, 6) is -1.40. The van der Waals surface area contributed by atoms with Gasteiger partial charge in [-0.3, -0.25) is 29.0 Å². The van der Waals surface area contributed by atoms with Crippen LogP contribution in [-0.4, -0.2) is 89.3 Å². The highest BCUT2D eigenvalue weighted by molar-refractivity contribution is 7.09. The van der Waals surface area contributed by atoms with Gasteiger partial charge in [0.2, 0.25) is 11.8 Å². The molecular weight excluding hydrogens is 801 g/mol. The highest BCUT2D eigenvalue weighted by Gasteiger charge is 2.57. The molecule has 8 atom stereocenters. The molecule has 0 radical (unpaired) electrons. The lowest BCUT2D eigenvalue weighted by molar-refractivity contribution is -0.128. The quantitative estimate of drug-likeness (QED) is 0.145. The number of fused-ring (bicyclic) bond motifs is 8.